The minimum atomic E-state index is -0.489. The molecule has 4 rings (SSSR count). The number of ether oxygens (including phenoxy) is 1. The molecule has 2 heterocycles. The zero-order valence-electron chi connectivity index (χ0n) is 16.9. The number of carbonyl (C=O) groups excluding carboxylic acids is 1. The molecule has 3 aromatic rings. The topological polar surface area (TPSA) is 42.4 Å². The minimum absolute atomic E-state index is 0.00211. The number of likely N-dealkylation sites (tertiary alicyclic amines) is 1. The van der Waals surface area contributed by atoms with Crippen molar-refractivity contribution in [1.29, 1.82) is 0 Å². The van der Waals surface area contributed by atoms with Crippen molar-refractivity contribution in [1.82, 2.24) is 9.88 Å². The Morgan fingerprint density at radius 3 is 2.71 bits per heavy atom. The molecule has 28 heavy (non-hydrogen) atoms. The first kappa shape index (κ1) is 18.9. The predicted octanol–water partition coefficient (Wildman–Crippen LogP) is 6.34. The summed E-state index contributed by atoms with van der Waals surface area (Å²) in [5, 5.41) is 3.43. The van der Waals surface area contributed by atoms with E-state index in [-0.39, 0.29) is 12.1 Å². The van der Waals surface area contributed by atoms with Crippen LogP contribution in [0.3, 0.4) is 0 Å². The SMILES string of the molecule is Cc1sc(C2CCCN2C(=O)OC(C)(C)C)nc1-c1cccc2ccccc12. The molecule has 1 aromatic heterocycles. The summed E-state index contributed by atoms with van der Waals surface area (Å²) in [4.78, 5) is 20.7. The second-order valence-corrected chi connectivity index (χ2v) is 9.55. The van der Waals surface area contributed by atoms with Crippen LogP contribution in [0.4, 0.5) is 4.79 Å². The van der Waals surface area contributed by atoms with Crippen LogP contribution in [0.1, 0.15) is 49.5 Å². The summed E-state index contributed by atoms with van der Waals surface area (Å²) in [5.41, 5.74) is 1.68. The lowest BCUT2D eigenvalue weighted by Crippen LogP contribution is -2.36. The Morgan fingerprint density at radius 2 is 1.93 bits per heavy atom. The lowest BCUT2D eigenvalue weighted by Gasteiger charge is -2.27. The van der Waals surface area contributed by atoms with Crippen molar-refractivity contribution in [2.75, 3.05) is 6.54 Å². The molecule has 1 unspecified atom stereocenters. The molecule has 1 aliphatic heterocycles. The third-order valence-electron chi connectivity index (χ3n) is 5.02. The number of hydrogen-bond donors (Lipinski definition) is 0. The number of benzene rings is 2. The molecule has 1 saturated heterocycles. The van der Waals surface area contributed by atoms with Gasteiger partial charge in [-0.15, -0.1) is 11.3 Å². The number of thiazole rings is 1. The van der Waals surface area contributed by atoms with Gasteiger partial charge in [0, 0.05) is 17.0 Å². The summed E-state index contributed by atoms with van der Waals surface area (Å²) in [5.74, 6) is 0. The zero-order chi connectivity index (χ0) is 19.9. The first-order valence-electron chi connectivity index (χ1n) is 9.78. The fraction of sp³-hybridized carbons (Fsp3) is 0.391. The molecule has 5 heteroatoms. The monoisotopic (exact) mass is 394 g/mol. The van der Waals surface area contributed by atoms with Crippen molar-refractivity contribution in [3.8, 4) is 11.3 Å². The highest BCUT2D eigenvalue weighted by atomic mass is 32.1. The molecule has 0 spiro atoms. The van der Waals surface area contributed by atoms with Crippen LogP contribution in [-0.4, -0.2) is 28.1 Å². The number of aryl methyl sites for hydroxylation is 1. The van der Waals surface area contributed by atoms with E-state index in [2.05, 4.69) is 49.4 Å². The van der Waals surface area contributed by atoms with Crippen LogP contribution in [-0.2, 0) is 4.74 Å². The van der Waals surface area contributed by atoms with Gasteiger partial charge in [0.1, 0.15) is 10.6 Å². The lowest BCUT2D eigenvalue weighted by molar-refractivity contribution is 0.0224. The van der Waals surface area contributed by atoms with Crippen molar-refractivity contribution in [2.45, 2.75) is 52.2 Å². The molecule has 1 fully saturated rings. The molecule has 146 valence electrons. The van der Waals surface area contributed by atoms with Gasteiger partial charge in [-0.3, -0.25) is 4.90 Å². The van der Waals surface area contributed by atoms with Crippen LogP contribution in [0.15, 0.2) is 42.5 Å². The van der Waals surface area contributed by atoms with E-state index in [1.807, 2.05) is 25.7 Å². The van der Waals surface area contributed by atoms with Crippen molar-refractivity contribution >= 4 is 28.2 Å². The molecular weight excluding hydrogens is 368 g/mol. The fourth-order valence-corrected chi connectivity index (χ4v) is 4.89. The zero-order valence-corrected chi connectivity index (χ0v) is 17.7. The quantitative estimate of drug-likeness (QED) is 0.509. The number of amides is 1. The second kappa shape index (κ2) is 7.21. The maximum Gasteiger partial charge on any atom is 0.410 e. The Bertz CT molecular complexity index is 1010. The van der Waals surface area contributed by atoms with E-state index >= 15 is 0 Å². The average Bonchev–Trinajstić information content (AvgIpc) is 3.26. The van der Waals surface area contributed by atoms with E-state index in [1.165, 1.54) is 15.6 Å². The van der Waals surface area contributed by atoms with E-state index in [0.717, 1.165) is 35.7 Å². The summed E-state index contributed by atoms with van der Waals surface area (Å²) < 4.78 is 5.62. The number of aromatic nitrogens is 1. The largest absolute Gasteiger partial charge is 0.444 e. The van der Waals surface area contributed by atoms with Gasteiger partial charge in [0.15, 0.2) is 0 Å². The molecule has 1 atom stereocenters. The molecule has 1 aliphatic rings. The Morgan fingerprint density at radius 1 is 1.18 bits per heavy atom. The number of hydrogen-bond acceptors (Lipinski definition) is 4. The summed E-state index contributed by atoms with van der Waals surface area (Å²) in [6.45, 7) is 8.55. The van der Waals surface area contributed by atoms with Crippen LogP contribution >= 0.6 is 11.3 Å². The standard InChI is InChI=1S/C23H26N2O2S/c1-15-20(18-12-7-10-16-9-5-6-11-17(16)18)24-21(28-15)19-13-8-14-25(19)22(26)27-23(2,3)4/h5-7,9-12,19H,8,13-14H2,1-4H3. The average molecular weight is 395 g/mol. The molecule has 0 N–H and O–H groups in total. The molecule has 0 bridgehead atoms. The molecule has 0 aliphatic carbocycles. The fourth-order valence-electron chi connectivity index (χ4n) is 3.80. The Kier molecular flexibility index (Phi) is 4.88. The smallest absolute Gasteiger partial charge is 0.410 e. The Hall–Kier alpha value is -2.40. The summed E-state index contributed by atoms with van der Waals surface area (Å²) in [7, 11) is 0. The first-order valence-corrected chi connectivity index (χ1v) is 10.6. The highest BCUT2D eigenvalue weighted by molar-refractivity contribution is 7.12. The Labute approximate surface area is 170 Å². The summed E-state index contributed by atoms with van der Waals surface area (Å²) in [6, 6.07) is 14.7. The van der Waals surface area contributed by atoms with Crippen LogP contribution in [0.5, 0.6) is 0 Å². The van der Waals surface area contributed by atoms with Crippen LogP contribution in [0, 0.1) is 6.92 Å². The van der Waals surface area contributed by atoms with Crippen LogP contribution in [0.25, 0.3) is 22.0 Å². The molecule has 2 aromatic carbocycles. The molecule has 0 saturated carbocycles. The van der Waals surface area contributed by atoms with Crippen molar-refractivity contribution in [3.05, 3.63) is 52.3 Å². The van der Waals surface area contributed by atoms with Crippen LogP contribution in [0.2, 0.25) is 0 Å². The molecule has 0 radical (unpaired) electrons. The number of carbonyl (C=O) groups is 1. The van der Waals surface area contributed by atoms with Crippen molar-refractivity contribution in [3.63, 3.8) is 0 Å². The van der Waals surface area contributed by atoms with Gasteiger partial charge < -0.3 is 4.74 Å². The lowest BCUT2D eigenvalue weighted by atomic mass is 10.0. The van der Waals surface area contributed by atoms with E-state index in [9.17, 15) is 4.79 Å². The van der Waals surface area contributed by atoms with Gasteiger partial charge in [-0.2, -0.15) is 0 Å². The van der Waals surface area contributed by atoms with E-state index in [0.29, 0.717) is 0 Å². The third-order valence-corrected chi connectivity index (χ3v) is 6.10. The summed E-state index contributed by atoms with van der Waals surface area (Å²) >= 11 is 1.69. The Balaban J connectivity index is 1.68. The van der Waals surface area contributed by atoms with Gasteiger partial charge in [-0.25, -0.2) is 9.78 Å². The maximum absolute atomic E-state index is 12.7. The number of nitrogens with zero attached hydrogens (tertiary/aromatic N) is 2. The highest BCUT2D eigenvalue weighted by Gasteiger charge is 2.35. The second-order valence-electron chi connectivity index (χ2n) is 8.32. The third kappa shape index (κ3) is 3.63. The predicted molar refractivity (Wildman–Crippen MR) is 115 cm³/mol. The molecular formula is C23H26N2O2S. The van der Waals surface area contributed by atoms with Gasteiger partial charge in [0.05, 0.1) is 11.7 Å². The number of rotatable bonds is 2. The van der Waals surface area contributed by atoms with Gasteiger partial charge in [-0.1, -0.05) is 42.5 Å². The van der Waals surface area contributed by atoms with Crippen molar-refractivity contribution in [2.24, 2.45) is 0 Å². The van der Waals surface area contributed by atoms with Gasteiger partial charge >= 0.3 is 6.09 Å². The van der Waals surface area contributed by atoms with E-state index in [4.69, 9.17) is 9.72 Å². The van der Waals surface area contributed by atoms with Gasteiger partial charge in [0.2, 0.25) is 0 Å². The minimum Gasteiger partial charge on any atom is -0.444 e. The van der Waals surface area contributed by atoms with E-state index in [1.54, 1.807) is 11.3 Å². The normalized spacial score (nSPS) is 17.3. The maximum atomic E-state index is 12.7. The molecule has 4 nitrogen and oxygen atoms in total. The van der Waals surface area contributed by atoms with Gasteiger partial charge in [-0.05, 0) is 51.3 Å². The first-order chi connectivity index (χ1) is 13.3. The van der Waals surface area contributed by atoms with E-state index < -0.39 is 5.60 Å². The molecule has 1 amide bonds. The summed E-state index contributed by atoms with van der Waals surface area (Å²) in [6.07, 6.45) is 1.67. The highest BCUT2D eigenvalue weighted by Crippen LogP contribution is 2.40. The van der Waals surface area contributed by atoms with Crippen molar-refractivity contribution < 1.29 is 9.53 Å². The number of fused-ring (bicyclic) bond motifs is 1. The van der Waals surface area contributed by atoms with Crippen LogP contribution < -0.4 is 0 Å². The van der Waals surface area contributed by atoms with Gasteiger partial charge in [0.25, 0.3) is 0 Å².